The van der Waals surface area contributed by atoms with Gasteiger partial charge in [-0.2, -0.15) is 0 Å². The van der Waals surface area contributed by atoms with Gasteiger partial charge in [0.2, 0.25) is 0 Å². The molecule has 0 unspecified atom stereocenters. The molecular weight excluding hydrogens is 245 g/mol. The van der Waals surface area contributed by atoms with Crippen molar-refractivity contribution in [1.29, 1.82) is 0 Å². The first-order valence-corrected chi connectivity index (χ1v) is 5.07. The number of pyridine rings is 2. The maximum atomic E-state index is 12.9. The van der Waals surface area contributed by atoms with E-state index in [4.69, 9.17) is 11.6 Å². The second-order valence-electron chi connectivity index (χ2n) is 3.18. The fraction of sp³-hybridized carbons (Fsp3) is 0. The Morgan fingerprint density at radius 3 is 2.94 bits per heavy atom. The van der Waals surface area contributed by atoms with E-state index in [9.17, 15) is 9.18 Å². The van der Waals surface area contributed by atoms with E-state index in [0.29, 0.717) is 5.02 Å². The van der Waals surface area contributed by atoms with Gasteiger partial charge in [0.15, 0.2) is 5.82 Å². The van der Waals surface area contributed by atoms with Crippen molar-refractivity contribution in [2.75, 3.05) is 5.32 Å². The molecule has 1 N–H and O–H groups in total. The van der Waals surface area contributed by atoms with Crippen LogP contribution in [0.25, 0.3) is 0 Å². The van der Waals surface area contributed by atoms with Crippen LogP contribution in [0.4, 0.5) is 10.2 Å². The summed E-state index contributed by atoms with van der Waals surface area (Å²) in [6, 6.07) is 4.31. The van der Waals surface area contributed by atoms with Crippen LogP contribution in [0.5, 0.6) is 0 Å². The quantitative estimate of drug-likeness (QED) is 0.892. The van der Waals surface area contributed by atoms with Crippen LogP contribution in [-0.4, -0.2) is 15.9 Å². The van der Waals surface area contributed by atoms with Crippen molar-refractivity contribution in [2.24, 2.45) is 0 Å². The first-order valence-electron chi connectivity index (χ1n) is 4.69. The van der Waals surface area contributed by atoms with Crippen LogP contribution in [0, 0.1) is 5.82 Å². The zero-order valence-corrected chi connectivity index (χ0v) is 9.28. The molecule has 0 saturated heterocycles. The molecule has 2 aromatic rings. The van der Waals surface area contributed by atoms with Gasteiger partial charge in [-0.25, -0.2) is 9.37 Å². The summed E-state index contributed by atoms with van der Waals surface area (Å²) < 4.78 is 12.9. The minimum absolute atomic E-state index is 0.103. The average Bonchev–Trinajstić information content (AvgIpc) is 2.32. The Morgan fingerprint density at radius 2 is 2.24 bits per heavy atom. The summed E-state index contributed by atoms with van der Waals surface area (Å²) >= 11 is 5.82. The zero-order chi connectivity index (χ0) is 12.3. The summed E-state index contributed by atoms with van der Waals surface area (Å²) in [5, 5.41) is 2.78. The van der Waals surface area contributed by atoms with Crippen LogP contribution in [-0.2, 0) is 0 Å². The average molecular weight is 252 g/mol. The lowest BCUT2D eigenvalue weighted by Gasteiger charge is -2.05. The fourth-order valence-electron chi connectivity index (χ4n) is 1.19. The van der Waals surface area contributed by atoms with Crippen molar-refractivity contribution in [3.8, 4) is 0 Å². The van der Waals surface area contributed by atoms with Crippen molar-refractivity contribution < 1.29 is 9.18 Å². The molecule has 0 fully saturated rings. The van der Waals surface area contributed by atoms with E-state index < -0.39 is 11.7 Å². The number of halogens is 2. The number of hydrogen-bond donors (Lipinski definition) is 1. The van der Waals surface area contributed by atoms with Gasteiger partial charge in [-0.15, -0.1) is 0 Å². The van der Waals surface area contributed by atoms with Gasteiger partial charge in [0.25, 0.3) is 5.91 Å². The van der Waals surface area contributed by atoms with Crippen LogP contribution >= 0.6 is 11.6 Å². The summed E-state index contributed by atoms with van der Waals surface area (Å²) in [6.45, 7) is 0. The summed E-state index contributed by atoms with van der Waals surface area (Å²) in [5.74, 6) is -0.870. The Morgan fingerprint density at radius 1 is 1.41 bits per heavy atom. The normalized spacial score (nSPS) is 10.0. The highest BCUT2D eigenvalue weighted by Gasteiger charge is 2.10. The molecule has 0 spiro atoms. The first-order chi connectivity index (χ1) is 8.16. The third kappa shape index (κ3) is 2.76. The summed E-state index contributed by atoms with van der Waals surface area (Å²) in [6.07, 6.45) is 3.77. The topological polar surface area (TPSA) is 54.9 Å². The molecule has 0 aromatic carbocycles. The third-order valence-electron chi connectivity index (χ3n) is 1.96. The number of nitrogens with zero attached hydrogens (tertiary/aromatic N) is 2. The van der Waals surface area contributed by atoms with Crippen molar-refractivity contribution >= 4 is 23.3 Å². The highest BCUT2D eigenvalue weighted by atomic mass is 35.5. The Bertz CT molecular complexity index is 562. The van der Waals surface area contributed by atoms with Gasteiger partial charge in [-0.3, -0.25) is 9.78 Å². The molecule has 0 atom stereocenters. The zero-order valence-electron chi connectivity index (χ0n) is 8.52. The number of carbonyl (C=O) groups is 1. The van der Waals surface area contributed by atoms with Gasteiger partial charge in [0.1, 0.15) is 5.82 Å². The second-order valence-corrected chi connectivity index (χ2v) is 3.59. The van der Waals surface area contributed by atoms with Crippen LogP contribution in [0.15, 0.2) is 36.8 Å². The number of carbonyl (C=O) groups excluding carboxylic acids is 1. The molecule has 86 valence electrons. The molecule has 17 heavy (non-hydrogen) atoms. The molecule has 0 radical (unpaired) electrons. The fourth-order valence-corrected chi connectivity index (χ4v) is 1.36. The lowest BCUT2D eigenvalue weighted by atomic mass is 10.2. The van der Waals surface area contributed by atoms with Crippen LogP contribution < -0.4 is 5.32 Å². The van der Waals surface area contributed by atoms with Crippen LogP contribution in [0.1, 0.15) is 10.4 Å². The van der Waals surface area contributed by atoms with E-state index in [-0.39, 0.29) is 11.4 Å². The van der Waals surface area contributed by atoms with Crippen molar-refractivity contribution in [1.82, 2.24) is 9.97 Å². The molecule has 0 bridgehead atoms. The van der Waals surface area contributed by atoms with E-state index in [0.717, 1.165) is 12.3 Å². The molecule has 0 aliphatic heterocycles. The number of aromatic nitrogens is 2. The smallest absolute Gasteiger partial charge is 0.258 e. The largest absolute Gasteiger partial charge is 0.305 e. The van der Waals surface area contributed by atoms with Gasteiger partial charge >= 0.3 is 0 Å². The monoisotopic (exact) mass is 251 g/mol. The molecule has 0 aliphatic carbocycles. The third-order valence-corrected chi connectivity index (χ3v) is 2.26. The standard InChI is InChI=1S/C11H7ClFN3O/c12-9-2-1-3-15-10(9)16-11(17)7-4-8(13)6-14-5-7/h1-6H,(H,15,16,17). The molecule has 2 rings (SSSR count). The lowest BCUT2D eigenvalue weighted by molar-refractivity contribution is 0.102. The summed E-state index contributed by atoms with van der Waals surface area (Å²) in [5.41, 5.74) is 0.103. The van der Waals surface area contributed by atoms with Crippen molar-refractivity contribution in [2.45, 2.75) is 0 Å². The van der Waals surface area contributed by atoms with Gasteiger partial charge in [-0.1, -0.05) is 11.6 Å². The van der Waals surface area contributed by atoms with Gasteiger partial charge in [0.05, 0.1) is 16.8 Å². The summed E-state index contributed by atoms with van der Waals surface area (Å²) in [4.78, 5) is 19.2. The van der Waals surface area contributed by atoms with Crippen LogP contribution in [0.3, 0.4) is 0 Å². The SMILES string of the molecule is O=C(Nc1ncccc1Cl)c1cncc(F)c1. The van der Waals surface area contributed by atoms with Crippen molar-refractivity contribution in [3.05, 3.63) is 53.2 Å². The molecule has 6 heteroatoms. The maximum Gasteiger partial charge on any atom is 0.258 e. The number of hydrogen-bond acceptors (Lipinski definition) is 3. The van der Waals surface area contributed by atoms with E-state index in [1.807, 2.05) is 0 Å². The first kappa shape index (κ1) is 11.5. The minimum Gasteiger partial charge on any atom is -0.305 e. The Hall–Kier alpha value is -2.01. The molecule has 2 heterocycles. The summed E-state index contributed by atoms with van der Waals surface area (Å²) in [7, 11) is 0. The van der Waals surface area contributed by atoms with E-state index in [2.05, 4.69) is 15.3 Å². The number of nitrogens with one attached hydrogen (secondary N) is 1. The number of rotatable bonds is 2. The van der Waals surface area contributed by atoms with E-state index in [1.54, 1.807) is 12.1 Å². The highest BCUT2D eigenvalue weighted by molar-refractivity contribution is 6.33. The Labute approximate surface area is 101 Å². The maximum absolute atomic E-state index is 12.9. The molecule has 1 amide bonds. The number of amides is 1. The van der Waals surface area contributed by atoms with E-state index in [1.165, 1.54) is 12.4 Å². The molecular formula is C11H7ClFN3O. The van der Waals surface area contributed by atoms with Gasteiger partial charge in [0, 0.05) is 12.4 Å². The predicted octanol–water partition coefficient (Wildman–Crippen LogP) is 2.52. The van der Waals surface area contributed by atoms with Crippen LogP contribution in [0.2, 0.25) is 5.02 Å². The van der Waals surface area contributed by atoms with Gasteiger partial charge < -0.3 is 5.32 Å². The minimum atomic E-state index is -0.579. The van der Waals surface area contributed by atoms with E-state index >= 15 is 0 Å². The van der Waals surface area contributed by atoms with Crippen molar-refractivity contribution in [3.63, 3.8) is 0 Å². The molecule has 0 saturated carbocycles. The highest BCUT2D eigenvalue weighted by Crippen LogP contribution is 2.18. The molecule has 0 aliphatic rings. The molecule has 2 aromatic heterocycles. The lowest BCUT2D eigenvalue weighted by Crippen LogP contribution is -2.13. The van der Waals surface area contributed by atoms with Gasteiger partial charge in [-0.05, 0) is 18.2 Å². The number of anilines is 1. The Balaban J connectivity index is 2.20. The Kier molecular flexibility index (Phi) is 3.30. The predicted molar refractivity (Wildman–Crippen MR) is 61.4 cm³/mol. The molecule has 4 nitrogen and oxygen atoms in total. The second kappa shape index (κ2) is 4.88.